The quantitative estimate of drug-likeness (QED) is 0.516. The van der Waals surface area contributed by atoms with E-state index in [0.717, 1.165) is 5.69 Å². The van der Waals surface area contributed by atoms with Crippen molar-refractivity contribution in [1.29, 1.82) is 0 Å². The summed E-state index contributed by atoms with van der Waals surface area (Å²) in [6.45, 7) is 2.70. The lowest BCUT2D eigenvalue weighted by Crippen LogP contribution is -2.46. The molecule has 1 fully saturated rings. The van der Waals surface area contributed by atoms with Gasteiger partial charge in [-0.3, -0.25) is 10.1 Å². The van der Waals surface area contributed by atoms with E-state index in [2.05, 4.69) is 15.0 Å². The number of anilines is 2. The SMILES string of the molecule is O=[N+]([O-])c1ccc(N2CCN(c3nc(-c4ccccc4F)no3)CC2)cc1. The molecule has 4 rings (SSSR count). The summed E-state index contributed by atoms with van der Waals surface area (Å²) in [4.78, 5) is 18.7. The number of nitrogens with zero attached hydrogens (tertiary/aromatic N) is 5. The molecule has 0 N–H and O–H groups in total. The van der Waals surface area contributed by atoms with Gasteiger partial charge in [0.05, 0.1) is 10.5 Å². The third kappa shape index (κ3) is 3.43. The monoisotopic (exact) mass is 369 g/mol. The van der Waals surface area contributed by atoms with Gasteiger partial charge in [0.25, 0.3) is 5.69 Å². The second-order valence-electron chi connectivity index (χ2n) is 6.13. The van der Waals surface area contributed by atoms with E-state index in [1.165, 1.54) is 18.2 Å². The Hall–Kier alpha value is -3.49. The van der Waals surface area contributed by atoms with E-state index in [0.29, 0.717) is 37.8 Å². The van der Waals surface area contributed by atoms with Crippen LogP contribution in [-0.2, 0) is 0 Å². The number of halogens is 1. The highest BCUT2D eigenvalue weighted by atomic mass is 19.1. The molecule has 27 heavy (non-hydrogen) atoms. The van der Waals surface area contributed by atoms with Crippen molar-refractivity contribution in [2.24, 2.45) is 0 Å². The summed E-state index contributed by atoms with van der Waals surface area (Å²) < 4.78 is 19.2. The lowest BCUT2D eigenvalue weighted by molar-refractivity contribution is -0.384. The number of rotatable bonds is 4. The number of nitro benzene ring substituents is 1. The smallest absolute Gasteiger partial charge is 0.324 e. The first-order valence-electron chi connectivity index (χ1n) is 8.45. The highest BCUT2D eigenvalue weighted by molar-refractivity contribution is 5.57. The van der Waals surface area contributed by atoms with Crippen molar-refractivity contribution in [3.05, 3.63) is 64.5 Å². The van der Waals surface area contributed by atoms with Crippen LogP contribution in [0.3, 0.4) is 0 Å². The van der Waals surface area contributed by atoms with Gasteiger partial charge in [-0.25, -0.2) is 4.39 Å². The number of nitro groups is 1. The first-order valence-corrected chi connectivity index (χ1v) is 8.45. The third-order valence-electron chi connectivity index (χ3n) is 4.51. The molecule has 8 nitrogen and oxygen atoms in total. The molecule has 9 heteroatoms. The fourth-order valence-electron chi connectivity index (χ4n) is 3.04. The predicted molar refractivity (Wildman–Crippen MR) is 97.2 cm³/mol. The van der Waals surface area contributed by atoms with Gasteiger partial charge in [-0.05, 0) is 24.3 Å². The maximum absolute atomic E-state index is 13.9. The Morgan fingerprint density at radius 1 is 1.00 bits per heavy atom. The van der Waals surface area contributed by atoms with Crippen molar-refractivity contribution in [3.8, 4) is 11.4 Å². The molecule has 1 saturated heterocycles. The first-order chi connectivity index (χ1) is 13.1. The van der Waals surface area contributed by atoms with E-state index in [1.807, 2.05) is 4.90 Å². The normalized spacial score (nSPS) is 14.4. The number of aromatic nitrogens is 2. The molecular formula is C18H16FN5O3. The summed E-state index contributed by atoms with van der Waals surface area (Å²) in [5.41, 5.74) is 1.30. The standard InChI is InChI=1S/C18H16FN5O3/c19-16-4-2-1-3-15(16)17-20-18(27-21-17)23-11-9-22(10-12-23)13-5-7-14(8-6-13)24(25)26/h1-8H,9-12H2. The van der Waals surface area contributed by atoms with Crippen molar-refractivity contribution < 1.29 is 13.8 Å². The van der Waals surface area contributed by atoms with Crippen LogP contribution in [0.15, 0.2) is 53.1 Å². The Kier molecular flexibility index (Phi) is 4.41. The maximum Gasteiger partial charge on any atom is 0.324 e. The molecule has 1 aliphatic heterocycles. The first kappa shape index (κ1) is 17.0. The Morgan fingerprint density at radius 2 is 1.67 bits per heavy atom. The van der Waals surface area contributed by atoms with E-state index in [1.54, 1.807) is 30.3 Å². The van der Waals surface area contributed by atoms with Crippen LogP contribution >= 0.6 is 0 Å². The molecule has 0 saturated carbocycles. The molecule has 0 aliphatic carbocycles. The Morgan fingerprint density at radius 3 is 2.33 bits per heavy atom. The molecule has 0 amide bonds. The van der Waals surface area contributed by atoms with Gasteiger partial charge in [0.2, 0.25) is 5.82 Å². The Balaban J connectivity index is 1.42. The van der Waals surface area contributed by atoms with Crippen molar-refractivity contribution in [2.45, 2.75) is 0 Å². The average molecular weight is 369 g/mol. The number of piperazine rings is 1. The molecule has 3 aromatic rings. The van der Waals surface area contributed by atoms with Crippen molar-refractivity contribution in [3.63, 3.8) is 0 Å². The summed E-state index contributed by atoms with van der Waals surface area (Å²) in [6.07, 6.45) is 0. The molecule has 1 aliphatic rings. The molecule has 2 aromatic carbocycles. The topological polar surface area (TPSA) is 88.5 Å². The van der Waals surface area contributed by atoms with Gasteiger partial charge < -0.3 is 14.3 Å². The van der Waals surface area contributed by atoms with Crippen LogP contribution in [0, 0.1) is 15.9 Å². The van der Waals surface area contributed by atoms with Crippen LogP contribution in [0.5, 0.6) is 0 Å². The largest absolute Gasteiger partial charge is 0.368 e. The maximum atomic E-state index is 13.9. The van der Waals surface area contributed by atoms with Crippen LogP contribution in [0.4, 0.5) is 21.8 Å². The molecular weight excluding hydrogens is 353 g/mol. The minimum Gasteiger partial charge on any atom is -0.368 e. The number of hydrogen-bond donors (Lipinski definition) is 0. The molecule has 0 atom stereocenters. The van der Waals surface area contributed by atoms with E-state index >= 15 is 0 Å². The van der Waals surface area contributed by atoms with Gasteiger partial charge in [-0.2, -0.15) is 4.98 Å². The fraction of sp³-hybridized carbons (Fsp3) is 0.222. The average Bonchev–Trinajstić information content (AvgIpc) is 3.18. The second kappa shape index (κ2) is 7.02. The van der Waals surface area contributed by atoms with Crippen molar-refractivity contribution in [2.75, 3.05) is 36.0 Å². The molecule has 2 heterocycles. The zero-order valence-electron chi connectivity index (χ0n) is 14.3. The lowest BCUT2D eigenvalue weighted by Gasteiger charge is -2.34. The molecule has 1 aromatic heterocycles. The fourth-order valence-corrected chi connectivity index (χ4v) is 3.04. The van der Waals surface area contributed by atoms with Crippen LogP contribution < -0.4 is 9.80 Å². The molecule has 0 unspecified atom stereocenters. The number of hydrogen-bond acceptors (Lipinski definition) is 7. The molecule has 0 radical (unpaired) electrons. The zero-order chi connectivity index (χ0) is 18.8. The third-order valence-corrected chi connectivity index (χ3v) is 4.51. The number of non-ortho nitro benzene ring substituents is 1. The summed E-state index contributed by atoms with van der Waals surface area (Å²) >= 11 is 0. The van der Waals surface area contributed by atoms with Crippen LogP contribution in [0.25, 0.3) is 11.4 Å². The lowest BCUT2D eigenvalue weighted by atomic mass is 10.2. The van der Waals surface area contributed by atoms with Gasteiger partial charge >= 0.3 is 6.01 Å². The van der Waals surface area contributed by atoms with Crippen molar-refractivity contribution >= 4 is 17.4 Å². The highest BCUT2D eigenvalue weighted by Crippen LogP contribution is 2.25. The number of benzene rings is 2. The van der Waals surface area contributed by atoms with Gasteiger partial charge in [-0.1, -0.05) is 17.3 Å². The predicted octanol–water partition coefficient (Wildman–Crippen LogP) is 3.11. The Labute approximate surface area is 154 Å². The van der Waals surface area contributed by atoms with Gasteiger partial charge in [-0.15, -0.1) is 0 Å². The molecule has 138 valence electrons. The van der Waals surface area contributed by atoms with E-state index in [-0.39, 0.29) is 11.5 Å². The minimum absolute atomic E-state index is 0.0731. The van der Waals surface area contributed by atoms with E-state index in [9.17, 15) is 14.5 Å². The molecule has 0 bridgehead atoms. The highest BCUT2D eigenvalue weighted by Gasteiger charge is 2.23. The summed E-state index contributed by atoms with van der Waals surface area (Å²) in [7, 11) is 0. The second-order valence-corrected chi connectivity index (χ2v) is 6.13. The van der Waals surface area contributed by atoms with Crippen LogP contribution in [-0.4, -0.2) is 41.2 Å². The van der Waals surface area contributed by atoms with E-state index < -0.39 is 10.7 Å². The summed E-state index contributed by atoms with van der Waals surface area (Å²) in [5.74, 6) is -0.172. The molecule has 0 spiro atoms. The summed E-state index contributed by atoms with van der Waals surface area (Å²) in [6, 6.07) is 13.1. The Bertz CT molecular complexity index is 952. The van der Waals surface area contributed by atoms with Gasteiger partial charge in [0.1, 0.15) is 5.82 Å². The van der Waals surface area contributed by atoms with Gasteiger partial charge in [0.15, 0.2) is 0 Å². The minimum atomic E-state index is -0.412. The zero-order valence-corrected chi connectivity index (χ0v) is 14.3. The van der Waals surface area contributed by atoms with E-state index in [4.69, 9.17) is 4.52 Å². The van der Waals surface area contributed by atoms with Crippen LogP contribution in [0.1, 0.15) is 0 Å². The van der Waals surface area contributed by atoms with Gasteiger partial charge in [0, 0.05) is 44.0 Å². The van der Waals surface area contributed by atoms with Crippen molar-refractivity contribution in [1.82, 2.24) is 10.1 Å². The van der Waals surface area contributed by atoms with Crippen LogP contribution in [0.2, 0.25) is 0 Å². The summed E-state index contributed by atoms with van der Waals surface area (Å²) in [5, 5.41) is 14.6.